The molecule has 4 aromatic rings. The van der Waals surface area contributed by atoms with Gasteiger partial charge in [0.05, 0.1) is 12.0 Å². The minimum atomic E-state index is -0.267. The van der Waals surface area contributed by atoms with Crippen LogP contribution in [0.4, 0.5) is 0 Å². The molecule has 7 nitrogen and oxygen atoms in total. The van der Waals surface area contributed by atoms with Gasteiger partial charge in [0.1, 0.15) is 17.0 Å². The molecule has 1 N–H and O–H groups in total. The largest absolute Gasteiger partial charge is 0.383 e. The molecule has 0 aliphatic rings. The van der Waals surface area contributed by atoms with E-state index in [1.165, 1.54) is 4.40 Å². The number of nitrogens with zero attached hydrogens (tertiary/aromatic N) is 3. The number of nitrogens with one attached hydrogen (secondary N) is 1. The summed E-state index contributed by atoms with van der Waals surface area (Å²) in [6.07, 6.45) is 1.68. The Bertz CT molecular complexity index is 1230. The number of methoxy groups -OCH3 is 1. The number of hydrogen-bond donors (Lipinski definition) is 1. The molecule has 29 heavy (non-hydrogen) atoms. The Morgan fingerprint density at radius 2 is 1.93 bits per heavy atom. The predicted molar refractivity (Wildman–Crippen MR) is 111 cm³/mol. The van der Waals surface area contributed by atoms with Crippen LogP contribution in [0.2, 0.25) is 0 Å². The number of rotatable bonds is 6. The third kappa shape index (κ3) is 3.64. The van der Waals surface area contributed by atoms with E-state index in [2.05, 4.69) is 10.3 Å². The van der Waals surface area contributed by atoms with Gasteiger partial charge in [-0.3, -0.25) is 14.0 Å². The van der Waals surface area contributed by atoms with E-state index in [4.69, 9.17) is 4.74 Å². The SMILES string of the molecule is COC[C@H](C)NC(=O)c1cc2c(=O)n3ccccc3nc2n1Cc1ccccc1. The Kier molecular flexibility index (Phi) is 5.14. The molecule has 0 saturated heterocycles. The Labute approximate surface area is 167 Å². The molecule has 148 valence electrons. The first kappa shape index (κ1) is 18.9. The number of benzene rings is 1. The van der Waals surface area contributed by atoms with E-state index in [1.807, 2.05) is 43.3 Å². The lowest BCUT2D eigenvalue weighted by molar-refractivity contribution is 0.0897. The van der Waals surface area contributed by atoms with Crippen molar-refractivity contribution in [3.63, 3.8) is 0 Å². The Morgan fingerprint density at radius 3 is 2.69 bits per heavy atom. The minimum Gasteiger partial charge on any atom is -0.383 e. The number of pyridine rings is 1. The van der Waals surface area contributed by atoms with Gasteiger partial charge in [0.25, 0.3) is 11.5 Å². The van der Waals surface area contributed by atoms with E-state index in [1.54, 1.807) is 36.1 Å². The van der Waals surface area contributed by atoms with Crippen molar-refractivity contribution in [3.05, 3.63) is 82.4 Å². The molecular weight excluding hydrogens is 368 g/mol. The average molecular weight is 390 g/mol. The van der Waals surface area contributed by atoms with Crippen molar-refractivity contribution in [1.82, 2.24) is 19.3 Å². The molecule has 1 atom stereocenters. The Balaban J connectivity index is 1.89. The Hall–Kier alpha value is -3.45. The monoisotopic (exact) mass is 390 g/mol. The van der Waals surface area contributed by atoms with Crippen molar-refractivity contribution in [2.75, 3.05) is 13.7 Å². The zero-order valence-electron chi connectivity index (χ0n) is 16.3. The van der Waals surface area contributed by atoms with E-state index in [-0.39, 0.29) is 17.5 Å². The van der Waals surface area contributed by atoms with Gasteiger partial charge in [0, 0.05) is 25.9 Å². The lowest BCUT2D eigenvalue weighted by atomic mass is 10.2. The molecule has 7 heteroatoms. The minimum absolute atomic E-state index is 0.163. The second-order valence-corrected chi connectivity index (χ2v) is 7.01. The predicted octanol–water partition coefficient (Wildman–Crippen LogP) is 2.46. The smallest absolute Gasteiger partial charge is 0.268 e. The van der Waals surface area contributed by atoms with Crippen LogP contribution >= 0.6 is 0 Å². The normalized spacial score (nSPS) is 12.3. The van der Waals surface area contributed by atoms with Crippen molar-refractivity contribution in [3.8, 4) is 0 Å². The van der Waals surface area contributed by atoms with Gasteiger partial charge < -0.3 is 14.6 Å². The summed E-state index contributed by atoms with van der Waals surface area (Å²) in [6.45, 7) is 2.70. The summed E-state index contributed by atoms with van der Waals surface area (Å²) in [7, 11) is 1.59. The lowest BCUT2D eigenvalue weighted by Gasteiger charge is -2.15. The first-order valence-corrected chi connectivity index (χ1v) is 9.43. The molecule has 4 rings (SSSR count). The van der Waals surface area contributed by atoms with Gasteiger partial charge in [-0.15, -0.1) is 0 Å². The first-order chi connectivity index (χ1) is 14.1. The molecule has 0 spiro atoms. The first-order valence-electron chi connectivity index (χ1n) is 9.43. The van der Waals surface area contributed by atoms with E-state index in [0.29, 0.717) is 35.5 Å². The molecule has 0 saturated carbocycles. The van der Waals surface area contributed by atoms with Crippen LogP contribution in [-0.4, -0.2) is 39.6 Å². The summed E-state index contributed by atoms with van der Waals surface area (Å²) >= 11 is 0. The van der Waals surface area contributed by atoms with Crippen molar-refractivity contribution in [1.29, 1.82) is 0 Å². The van der Waals surface area contributed by atoms with Crippen molar-refractivity contribution >= 4 is 22.6 Å². The average Bonchev–Trinajstić information content (AvgIpc) is 3.08. The van der Waals surface area contributed by atoms with Crippen LogP contribution in [-0.2, 0) is 11.3 Å². The van der Waals surface area contributed by atoms with Crippen LogP contribution < -0.4 is 10.9 Å². The molecule has 1 aromatic carbocycles. The van der Waals surface area contributed by atoms with E-state index in [9.17, 15) is 9.59 Å². The molecule has 1 amide bonds. The second-order valence-electron chi connectivity index (χ2n) is 7.01. The maximum atomic E-state index is 13.0. The summed E-state index contributed by atoms with van der Waals surface area (Å²) < 4.78 is 8.40. The fourth-order valence-electron chi connectivity index (χ4n) is 3.46. The van der Waals surface area contributed by atoms with E-state index in [0.717, 1.165) is 5.56 Å². The van der Waals surface area contributed by atoms with Gasteiger partial charge in [-0.25, -0.2) is 4.98 Å². The summed E-state index contributed by atoms with van der Waals surface area (Å²) in [4.78, 5) is 30.7. The number of hydrogen-bond acceptors (Lipinski definition) is 4. The quantitative estimate of drug-likeness (QED) is 0.549. The number of carbonyl (C=O) groups is 1. The van der Waals surface area contributed by atoms with Crippen LogP contribution in [0, 0.1) is 0 Å². The standard InChI is InChI=1S/C22H22N4O3/c1-15(14-29-2)23-21(27)18-12-17-20(26(18)13-16-8-4-3-5-9-16)24-19-10-6-7-11-25(19)22(17)28/h3-12,15H,13-14H2,1-2H3,(H,23,27)/t15-/m0/s1. The zero-order chi connectivity index (χ0) is 20.4. The molecule has 0 aliphatic carbocycles. The highest BCUT2D eigenvalue weighted by Crippen LogP contribution is 2.19. The maximum absolute atomic E-state index is 13.0. The van der Waals surface area contributed by atoms with Crippen molar-refractivity contribution in [2.24, 2.45) is 0 Å². The fourth-order valence-corrected chi connectivity index (χ4v) is 3.46. The van der Waals surface area contributed by atoms with Crippen molar-refractivity contribution in [2.45, 2.75) is 19.5 Å². The number of ether oxygens (including phenoxy) is 1. The van der Waals surface area contributed by atoms with Crippen LogP contribution in [0.1, 0.15) is 23.0 Å². The van der Waals surface area contributed by atoms with E-state index < -0.39 is 0 Å². The zero-order valence-corrected chi connectivity index (χ0v) is 16.3. The van der Waals surface area contributed by atoms with Gasteiger partial charge in [-0.05, 0) is 30.7 Å². The maximum Gasteiger partial charge on any atom is 0.268 e. The molecule has 3 heterocycles. The molecule has 0 aliphatic heterocycles. The third-order valence-electron chi connectivity index (χ3n) is 4.79. The second kappa shape index (κ2) is 7.89. The highest BCUT2D eigenvalue weighted by Gasteiger charge is 2.21. The fraction of sp³-hybridized carbons (Fsp3) is 0.227. The molecule has 0 unspecified atom stereocenters. The molecule has 3 aromatic heterocycles. The number of carbonyl (C=O) groups excluding carboxylic acids is 1. The third-order valence-corrected chi connectivity index (χ3v) is 4.79. The van der Waals surface area contributed by atoms with Gasteiger partial charge in [0.2, 0.25) is 0 Å². The highest BCUT2D eigenvalue weighted by molar-refractivity contribution is 5.98. The summed E-state index contributed by atoms with van der Waals surface area (Å²) in [5, 5.41) is 3.34. The molecule has 0 bridgehead atoms. The van der Waals surface area contributed by atoms with Gasteiger partial charge in [0.15, 0.2) is 0 Å². The van der Waals surface area contributed by atoms with Crippen LogP contribution in [0.3, 0.4) is 0 Å². The molecule has 0 radical (unpaired) electrons. The van der Waals surface area contributed by atoms with Crippen LogP contribution in [0.25, 0.3) is 16.7 Å². The van der Waals surface area contributed by atoms with Crippen LogP contribution in [0.5, 0.6) is 0 Å². The number of fused-ring (bicyclic) bond motifs is 2. The van der Waals surface area contributed by atoms with Gasteiger partial charge in [-0.2, -0.15) is 0 Å². The molecule has 0 fully saturated rings. The summed E-state index contributed by atoms with van der Waals surface area (Å²) in [5.41, 5.74) is 2.24. The summed E-state index contributed by atoms with van der Waals surface area (Å²) in [5.74, 6) is -0.267. The number of aromatic nitrogens is 3. The molecular formula is C22H22N4O3. The number of amides is 1. The van der Waals surface area contributed by atoms with Gasteiger partial charge in [-0.1, -0.05) is 36.4 Å². The lowest BCUT2D eigenvalue weighted by Crippen LogP contribution is -2.36. The van der Waals surface area contributed by atoms with Crippen molar-refractivity contribution < 1.29 is 9.53 Å². The van der Waals surface area contributed by atoms with Gasteiger partial charge >= 0.3 is 0 Å². The Morgan fingerprint density at radius 1 is 1.17 bits per heavy atom. The topological polar surface area (TPSA) is 77.6 Å². The van der Waals surface area contributed by atoms with E-state index >= 15 is 0 Å². The highest BCUT2D eigenvalue weighted by atomic mass is 16.5. The summed E-state index contributed by atoms with van der Waals surface area (Å²) in [6, 6.07) is 16.6. The van der Waals surface area contributed by atoms with Crippen LogP contribution in [0.15, 0.2) is 65.6 Å².